The summed E-state index contributed by atoms with van der Waals surface area (Å²) in [5.74, 6) is 0.125. The Bertz CT molecular complexity index is 533. The Kier molecular flexibility index (Phi) is 2.55. The van der Waals surface area contributed by atoms with E-state index in [0.717, 1.165) is 10.0 Å². The van der Waals surface area contributed by atoms with Crippen LogP contribution in [0.25, 0.3) is 11.3 Å². The smallest absolute Gasteiger partial charge is 0.252 e. The third-order valence-electron chi connectivity index (χ3n) is 1.90. The van der Waals surface area contributed by atoms with Gasteiger partial charge in [-0.3, -0.25) is 9.78 Å². The summed E-state index contributed by atoms with van der Waals surface area (Å²) < 4.78 is 0.976. The summed E-state index contributed by atoms with van der Waals surface area (Å²) in [6.07, 6.45) is 0. The van der Waals surface area contributed by atoms with E-state index in [9.17, 15) is 4.79 Å². The van der Waals surface area contributed by atoms with Crippen LogP contribution < -0.4 is 11.3 Å². The van der Waals surface area contributed by atoms with Crippen LogP contribution in [0.1, 0.15) is 0 Å². The summed E-state index contributed by atoms with van der Waals surface area (Å²) in [5.41, 5.74) is 6.63. The summed E-state index contributed by atoms with van der Waals surface area (Å²) in [6.45, 7) is 0. The molecular formula is C10H8BrN3O. The van der Waals surface area contributed by atoms with Crippen molar-refractivity contribution in [2.45, 2.75) is 0 Å². The van der Waals surface area contributed by atoms with Crippen molar-refractivity contribution >= 4 is 21.9 Å². The molecule has 76 valence electrons. The van der Waals surface area contributed by atoms with Gasteiger partial charge in [-0.2, -0.15) is 0 Å². The van der Waals surface area contributed by atoms with E-state index in [-0.39, 0.29) is 11.5 Å². The number of hydrogen-bond donors (Lipinski definition) is 2. The number of aromatic amines is 1. The lowest BCUT2D eigenvalue weighted by atomic mass is 10.1. The van der Waals surface area contributed by atoms with Gasteiger partial charge in [-0.1, -0.05) is 28.1 Å². The number of nitrogen functional groups attached to an aromatic ring is 1. The zero-order valence-electron chi connectivity index (χ0n) is 7.70. The van der Waals surface area contributed by atoms with Gasteiger partial charge in [0, 0.05) is 16.1 Å². The standard InChI is InChI=1S/C10H8BrN3O/c11-7-3-1-6(2-4-7)8-5-9(15)14-10(12)13-8/h1-5H,(H3,12,13,14,15). The number of H-pyrrole nitrogens is 1. The fourth-order valence-electron chi connectivity index (χ4n) is 1.25. The zero-order chi connectivity index (χ0) is 10.8. The zero-order valence-corrected chi connectivity index (χ0v) is 9.28. The lowest BCUT2D eigenvalue weighted by Crippen LogP contribution is -2.10. The molecule has 4 nitrogen and oxygen atoms in total. The Morgan fingerprint density at radius 1 is 1.27 bits per heavy atom. The molecule has 0 amide bonds. The summed E-state index contributed by atoms with van der Waals surface area (Å²) in [5, 5.41) is 0. The minimum Gasteiger partial charge on any atom is -0.369 e. The number of nitrogens with two attached hydrogens (primary N) is 1. The maximum atomic E-state index is 11.2. The first-order valence-electron chi connectivity index (χ1n) is 4.28. The topological polar surface area (TPSA) is 71.8 Å². The first-order chi connectivity index (χ1) is 7.15. The van der Waals surface area contributed by atoms with Gasteiger partial charge in [0.05, 0.1) is 5.69 Å². The highest BCUT2D eigenvalue weighted by molar-refractivity contribution is 9.10. The number of rotatable bonds is 1. The van der Waals surface area contributed by atoms with Crippen molar-refractivity contribution in [1.82, 2.24) is 9.97 Å². The van der Waals surface area contributed by atoms with Crippen molar-refractivity contribution in [3.63, 3.8) is 0 Å². The Hall–Kier alpha value is -1.62. The van der Waals surface area contributed by atoms with Crippen LogP contribution in [0.3, 0.4) is 0 Å². The Morgan fingerprint density at radius 2 is 1.93 bits per heavy atom. The molecule has 0 saturated carbocycles. The number of aromatic nitrogens is 2. The van der Waals surface area contributed by atoms with Gasteiger partial charge in [0.1, 0.15) is 0 Å². The number of hydrogen-bond acceptors (Lipinski definition) is 3. The molecule has 0 bridgehead atoms. The second kappa shape index (κ2) is 3.86. The fraction of sp³-hybridized carbons (Fsp3) is 0. The van der Waals surface area contributed by atoms with Crippen LogP contribution in [-0.4, -0.2) is 9.97 Å². The summed E-state index contributed by atoms with van der Waals surface area (Å²) in [6, 6.07) is 8.92. The maximum Gasteiger partial charge on any atom is 0.252 e. The number of anilines is 1. The molecule has 1 heterocycles. The highest BCUT2D eigenvalue weighted by Gasteiger charge is 2.01. The van der Waals surface area contributed by atoms with E-state index in [1.165, 1.54) is 6.07 Å². The molecule has 1 aromatic heterocycles. The van der Waals surface area contributed by atoms with Crippen molar-refractivity contribution in [1.29, 1.82) is 0 Å². The Morgan fingerprint density at radius 3 is 2.53 bits per heavy atom. The van der Waals surface area contributed by atoms with Crippen molar-refractivity contribution in [2.24, 2.45) is 0 Å². The normalized spacial score (nSPS) is 10.2. The quantitative estimate of drug-likeness (QED) is 0.826. The van der Waals surface area contributed by atoms with Crippen molar-refractivity contribution in [3.05, 3.63) is 45.2 Å². The predicted molar refractivity (Wildman–Crippen MR) is 62.4 cm³/mol. The second-order valence-corrected chi connectivity index (χ2v) is 3.94. The van der Waals surface area contributed by atoms with E-state index in [1.54, 1.807) is 0 Å². The van der Waals surface area contributed by atoms with Crippen LogP contribution in [0.15, 0.2) is 39.6 Å². The van der Waals surface area contributed by atoms with Crippen LogP contribution in [-0.2, 0) is 0 Å². The molecule has 0 atom stereocenters. The van der Waals surface area contributed by atoms with Gasteiger partial charge >= 0.3 is 0 Å². The third-order valence-corrected chi connectivity index (χ3v) is 2.43. The van der Waals surface area contributed by atoms with Gasteiger partial charge in [0.15, 0.2) is 0 Å². The molecule has 3 N–H and O–H groups in total. The average molecular weight is 266 g/mol. The summed E-state index contributed by atoms with van der Waals surface area (Å²) >= 11 is 3.33. The summed E-state index contributed by atoms with van der Waals surface area (Å²) in [4.78, 5) is 17.6. The first-order valence-corrected chi connectivity index (χ1v) is 5.07. The fourth-order valence-corrected chi connectivity index (χ4v) is 1.51. The van der Waals surface area contributed by atoms with Gasteiger partial charge in [0.2, 0.25) is 5.95 Å². The minimum absolute atomic E-state index is 0.125. The third kappa shape index (κ3) is 2.24. The molecule has 1 aromatic carbocycles. The molecule has 5 heteroatoms. The molecule has 0 fully saturated rings. The summed E-state index contributed by atoms with van der Waals surface area (Å²) in [7, 11) is 0. The molecule has 2 rings (SSSR count). The van der Waals surface area contributed by atoms with Crippen molar-refractivity contribution in [3.8, 4) is 11.3 Å². The molecule has 15 heavy (non-hydrogen) atoms. The van der Waals surface area contributed by atoms with Crippen molar-refractivity contribution < 1.29 is 0 Å². The molecule has 0 aliphatic heterocycles. The molecule has 0 aliphatic rings. The Balaban J connectivity index is 2.54. The van der Waals surface area contributed by atoms with Crippen LogP contribution in [0.5, 0.6) is 0 Å². The van der Waals surface area contributed by atoms with Crippen LogP contribution in [0.2, 0.25) is 0 Å². The predicted octanol–water partition coefficient (Wildman–Crippen LogP) is 1.78. The average Bonchev–Trinajstić information content (AvgIpc) is 2.17. The second-order valence-electron chi connectivity index (χ2n) is 3.02. The maximum absolute atomic E-state index is 11.2. The van der Waals surface area contributed by atoms with E-state index in [4.69, 9.17) is 5.73 Å². The number of nitrogens with zero attached hydrogens (tertiary/aromatic N) is 1. The SMILES string of the molecule is Nc1nc(-c2ccc(Br)cc2)cc(=O)[nH]1. The molecule has 0 spiro atoms. The monoisotopic (exact) mass is 265 g/mol. The molecule has 0 saturated heterocycles. The van der Waals surface area contributed by atoms with Crippen LogP contribution in [0.4, 0.5) is 5.95 Å². The number of benzene rings is 1. The highest BCUT2D eigenvalue weighted by atomic mass is 79.9. The van der Waals surface area contributed by atoms with Crippen molar-refractivity contribution in [2.75, 3.05) is 5.73 Å². The highest BCUT2D eigenvalue weighted by Crippen LogP contribution is 2.18. The van der Waals surface area contributed by atoms with Gasteiger partial charge in [-0.15, -0.1) is 0 Å². The largest absolute Gasteiger partial charge is 0.369 e. The molecular weight excluding hydrogens is 258 g/mol. The molecule has 2 aromatic rings. The van der Waals surface area contributed by atoms with E-state index in [2.05, 4.69) is 25.9 Å². The van der Waals surface area contributed by atoms with Crippen LogP contribution >= 0.6 is 15.9 Å². The van der Waals surface area contributed by atoms with E-state index >= 15 is 0 Å². The van der Waals surface area contributed by atoms with Crippen LogP contribution in [0, 0.1) is 0 Å². The lowest BCUT2D eigenvalue weighted by Gasteiger charge is -2.01. The molecule has 0 unspecified atom stereocenters. The van der Waals surface area contributed by atoms with E-state index in [1.807, 2.05) is 24.3 Å². The number of halogens is 1. The molecule has 0 radical (unpaired) electrons. The van der Waals surface area contributed by atoms with E-state index in [0.29, 0.717) is 5.69 Å². The lowest BCUT2D eigenvalue weighted by molar-refractivity contribution is 1.14. The molecule has 0 aliphatic carbocycles. The minimum atomic E-state index is -0.250. The first kappa shape index (κ1) is 9.92. The van der Waals surface area contributed by atoms with Gasteiger partial charge in [0.25, 0.3) is 5.56 Å². The Labute approximate surface area is 94.3 Å². The number of nitrogens with one attached hydrogen (secondary N) is 1. The van der Waals surface area contributed by atoms with Gasteiger partial charge in [-0.25, -0.2) is 4.98 Å². The van der Waals surface area contributed by atoms with Gasteiger partial charge in [-0.05, 0) is 12.1 Å². The van der Waals surface area contributed by atoms with E-state index < -0.39 is 0 Å². The van der Waals surface area contributed by atoms with Gasteiger partial charge < -0.3 is 5.73 Å².